The second-order valence-corrected chi connectivity index (χ2v) is 8.90. The molecule has 3 aromatic rings. The second kappa shape index (κ2) is 11.0. The average molecular weight is 477 g/mol. The van der Waals surface area contributed by atoms with E-state index in [2.05, 4.69) is 10.6 Å². The molecule has 0 aromatic heterocycles. The minimum absolute atomic E-state index is 0.173. The highest BCUT2D eigenvalue weighted by Crippen LogP contribution is 2.42. The fourth-order valence-corrected chi connectivity index (χ4v) is 5.10. The van der Waals surface area contributed by atoms with Gasteiger partial charge in [0.1, 0.15) is 13.6 Å². The van der Waals surface area contributed by atoms with E-state index in [1.165, 1.54) is 21.3 Å². The normalized spacial score (nSPS) is 11.8. The summed E-state index contributed by atoms with van der Waals surface area (Å²) in [7, 11) is 42.5. The number of carbonyl (C=O) groups excluding carboxylic acids is 2. The van der Waals surface area contributed by atoms with Crippen LogP contribution in [0.15, 0.2) is 30.3 Å². The molecule has 2 N–H and O–H groups in total. The van der Waals surface area contributed by atoms with Crippen molar-refractivity contribution in [2.45, 2.75) is 6.92 Å². The Hall–Kier alpha value is -2.95. The van der Waals surface area contributed by atoms with Gasteiger partial charge in [-0.25, -0.2) is 0 Å². The first kappa shape index (κ1) is 28.1. The van der Waals surface area contributed by atoms with Crippen LogP contribution in [0.3, 0.4) is 0 Å². The highest BCUT2D eigenvalue weighted by atomic mass is 16.5. The summed E-state index contributed by atoms with van der Waals surface area (Å²) in [5, 5.41) is 6.27. The van der Waals surface area contributed by atoms with Crippen LogP contribution in [-0.4, -0.2) is 99.5 Å². The lowest BCUT2D eigenvalue weighted by Crippen LogP contribution is -2.64. The Kier molecular flexibility index (Phi) is 8.15. The monoisotopic (exact) mass is 478 g/mol. The van der Waals surface area contributed by atoms with Crippen molar-refractivity contribution in [1.82, 2.24) is 0 Å². The number of methoxy groups -OCH3 is 1. The van der Waals surface area contributed by atoms with E-state index in [9.17, 15) is 9.59 Å². The molecule has 0 bridgehead atoms. The Labute approximate surface area is 233 Å². The first-order valence-electron chi connectivity index (χ1n) is 11.8. The second-order valence-electron chi connectivity index (χ2n) is 8.90. The Balaban J connectivity index is 2.04. The Morgan fingerprint density at radius 3 is 2.05 bits per heavy atom. The number of hydrogen-bond donors (Lipinski definition) is 2. The molecule has 5 nitrogen and oxygen atoms in total. The van der Waals surface area contributed by atoms with E-state index in [0.717, 1.165) is 0 Å². The van der Waals surface area contributed by atoms with Crippen molar-refractivity contribution in [1.29, 1.82) is 0 Å². The van der Waals surface area contributed by atoms with Crippen LogP contribution in [0.2, 0.25) is 0 Å². The van der Waals surface area contributed by atoms with Gasteiger partial charge in [-0.3, -0.25) is 9.59 Å². The van der Waals surface area contributed by atoms with Crippen molar-refractivity contribution in [3.05, 3.63) is 58.1 Å². The summed E-state index contributed by atoms with van der Waals surface area (Å²) >= 11 is 0. The van der Waals surface area contributed by atoms with Crippen LogP contribution >= 0.6 is 0 Å². The molecule has 0 heterocycles. The Bertz CT molecular complexity index is 1460. The summed E-state index contributed by atoms with van der Waals surface area (Å²) in [4.78, 5) is 27.5. The molecule has 1 aliphatic carbocycles. The van der Waals surface area contributed by atoms with Crippen LogP contribution in [-0.2, 0) is 0 Å². The van der Waals surface area contributed by atoms with Crippen molar-refractivity contribution in [2.75, 3.05) is 24.8 Å². The largest absolute Gasteiger partial charge is 0.494 e. The van der Waals surface area contributed by atoms with Crippen LogP contribution in [0, 0.1) is 6.92 Å². The molecular formula is C23H16B10N2O3. The lowest BCUT2D eigenvalue weighted by molar-refractivity contribution is 0.0980. The highest BCUT2D eigenvalue weighted by molar-refractivity contribution is 7.52. The van der Waals surface area contributed by atoms with Crippen molar-refractivity contribution in [3.8, 4) is 5.75 Å². The number of nitrogens with one attached hydrogen (secondary N) is 2. The van der Waals surface area contributed by atoms with E-state index < -0.39 is 13.0 Å². The SMILES string of the molecule is [B][B]B([B])c1c(C)c(Nc2cc(OC)c(NC)c3c2C(=O)c2ccccc2C3=O)c([B])c([B][B])c1B([B])[B]. The quantitative estimate of drug-likeness (QED) is 0.275. The van der Waals surface area contributed by atoms with Gasteiger partial charge in [-0.1, -0.05) is 29.7 Å². The lowest BCUT2D eigenvalue weighted by atomic mass is 9.00. The molecule has 38 heavy (non-hydrogen) atoms. The first-order chi connectivity index (χ1) is 18.1. The number of carbonyl (C=O) groups is 2. The average Bonchev–Trinajstić information content (AvgIpc) is 2.92. The van der Waals surface area contributed by atoms with E-state index in [1.807, 2.05) is 0 Å². The van der Waals surface area contributed by atoms with Gasteiger partial charge in [-0.15, -0.1) is 16.4 Å². The summed E-state index contributed by atoms with van der Waals surface area (Å²) < 4.78 is 5.59. The highest BCUT2D eigenvalue weighted by Gasteiger charge is 2.36. The number of ether oxygens (including phenoxy) is 1. The third-order valence-electron chi connectivity index (χ3n) is 6.85. The van der Waals surface area contributed by atoms with Gasteiger partial charge in [-0.2, -0.15) is 0 Å². The van der Waals surface area contributed by atoms with Gasteiger partial charge in [0.05, 0.1) is 49.8 Å². The molecule has 0 spiro atoms. The molecule has 3 aromatic carbocycles. The maximum absolute atomic E-state index is 13.8. The topological polar surface area (TPSA) is 67.4 Å². The van der Waals surface area contributed by atoms with Crippen LogP contribution in [0.5, 0.6) is 5.75 Å². The minimum Gasteiger partial charge on any atom is -0.494 e. The summed E-state index contributed by atoms with van der Waals surface area (Å²) in [6.45, 7) is 0.0845. The number of hydrogen-bond acceptors (Lipinski definition) is 5. The van der Waals surface area contributed by atoms with Crippen molar-refractivity contribution in [2.24, 2.45) is 0 Å². The lowest BCUT2D eigenvalue weighted by Gasteiger charge is -2.31. The first-order valence-corrected chi connectivity index (χ1v) is 11.8. The maximum atomic E-state index is 13.8. The van der Waals surface area contributed by atoms with Gasteiger partial charge in [0.15, 0.2) is 11.6 Å². The van der Waals surface area contributed by atoms with Gasteiger partial charge in [-0.05, 0) is 12.5 Å². The zero-order valence-electron chi connectivity index (χ0n) is 21.4. The Morgan fingerprint density at radius 1 is 0.947 bits per heavy atom. The summed E-state index contributed by atoms with van der Waals surface area (Å²) in [6, 6.07) is 8.30. The fraction of sp³-hybridized carbons (Fsp3) is 0.130. The number of anilines is 3. The minimum atomic E-state index is -0.945. The predicted molar refractivity (Wildman–Crippen MR) is 166 cm³/mol. The zero-order valence-corrected chi connectivity index (χ0v) is 21.4. The Morgan fingerprint density at radius 2 is 1.55 bits per heavy atom. The summed E-state index contributed by atoms with van der Waals surface area (Å²) in [5.74, 6) is -0.289. The number of benzene rings is 3. The smallest absolute Gasteiger partial charge is 0.196 e. The molecule has 0 saturated carbocycles. The third kappa shape index (κ3) is 4.38. The molecule has 0 unspecified atom stereocenters. The van der Waals surface area contributed by atoms with E-state index in [1.54, 1.807) is 44.3 Å². The van der Waals surface area contributed by atoms with Crippen molar-refractivity contribution in [3.63, 3.8) is 0 Å². The molecule has 15 heteroatoms. The van der Waals surface area contributed by atoms with E-state index >= 15 is 0 Å². The molecule has 0 atom stereocenters. The fourth-order valence-electron chi connectivity index (χ4n) is 5.10. The summed E-state index contributed by atoms with van der Waals surface area (Å²) in [6.07, 6.45) is 0. The maximum Gasteiger partial charge on any atom is 0.196 e. The van der Waals surface area contributed by atoms with Crippen molar-refractivity contribution >= 4 is 124 Å². The molecule has 14 radical (unpaired) electrons. The number of ketones is 2. The molecule has 0 saturated heterocycles. The standard InChI is InChI=1S/C23H16B10N2O3/c1-9-18(33(29)31-26)19(32(27)28)17(30-25)16(24)20(9)35-12-8-13(38-3)21(34-2)15-14(12)22(36)10-6-4-5-7-11(10)23(15)37/h4-8,34-35H,1-3H3. The van der Waals surface area contributed by atoms with Gasteiger partial charge in [0.2, 0.25) is 0 Å². The van der Waals surface area contributed by atoms with E-state index in [-0.39, 0.29) is 28.2 Å². The number of fused-ring (bicyclic) bond motifs is 2. The van der Waals surface area contributed by atoms with Gasteiger partial charge < -0.3 is 15.4 Å². The molecule has 166 valence electrons. The molecule has 4 rings (SSSR count). The molecule has 0 amide bonds. The molecule has 1 aliphatic rings. The third-order valence-corrected chi connectivity index (χ3v) is 6.85. The predicted octanol–water partition coefficient (Wildman–Crippen LogP) is -2.55. The van der Waals surface area contributed by atoms with Crippen LogP contribution in [0.25, 0.3) is 0 Å². The van der Waals surface area contributed by atoms with E-state index in [4.69, 9.17) is 51.3 Å². The van der Waals surface area contributed by atoms with Crippen molar-refractivity contribution < 1.29 is 14.3 Å². The van der Waals surface area contributed by atoms with Crippen LogP contribution < -0.4 is 37.2 Å². The van der Waals surface area contributed by atoms with Gasteiger partial charge >= 0.3 is 0 Å². The molecule has 0 aliphatic heterocycles. The van der Waals surface area contributed by atoms with Crippen LogP contribution in [0.1, 0.15) is 37.4 Å². The van der Waals surface area contributed by atoms with Crippen LogP contribution in [0.4, 0.5) is 17.1 Å². The van der Waals surface area contributed by atoms with Gasteiger partial charge in [0, 0.05) is 75.7 Å². The number of rotatable bonds is 8. The molecular weight excluding hydrogens is 460 g/mol. The molecule has 0 fully saturated rings. The summed E-state index contributed by atoms with van der Waals surface area (Å²) in [5.41, 5.74) is 4.26. The van der Waals surface area contributed by atoms with Gasteiger partial charge in [0.25, 0.3) is 0 Å². The van der Waals surface area contributed by atoms with E-state index in [0.29, 0.717) is 55.9 Å². The zero-order chi connectivity index (χ0) is 27.9.